The number of aromatic nitrogens is 2. The highest BCUT2D eigenvalue weighted by Gasteiger charge is 2.14. The lowest BCUT2D eigenvalue weighted by Crippen LogP contribution is -2.27. The number of rotatable bonds is 4. The number of carbonyl (C=O) groups excluding carboxylic acids is 2. The Kier molecular flexibility index (Phi) is 4.70. The number of ether oxygens (including phenoxy) is 1. The molecule has 0 atom stereocenters. The summed E-state index contributed by atoms with van der Waals surface area (Å²) in [7, 11) is 1.27. The summed E-state index contributed by atoms with van der Waals surface area (Å²) in [6, 6.07) is 13.7. The highest BCUT2D eigenvalue weighted by molar-refractivity contribution is 6.01. The Labute approximate surface area is 163 Å². The molecule has 0 aliphatic carbocycles. The molecular weight excluding hydrogens is 376 g/mol. The first-order valence-electron chi connectivity index (χ1n) is 8.67. The SMILES string of the molecule is COC(=O)Nc1ccc(NC(=O)Cn2cnc3c(oc4ccccc43)c2=O)cc1. The van der Waals surface area contributed by atoms with Crippen molar-refractivity contribution in [2.45, 2.75) is 6.54 Å². The van der Waals surface area contributed by atoms with Gasteiger partial charge >= 0.3 is 6.09 Å². The normalized spacial score (nSPS) is 10.8. The lowest BCUT2D eigenvalue weighted by molar-refractivity contribution is -0.116. The third kappa shape index (κ3) is 3.65. The third-order valence-electron chi connectivity index (χ3n) is 4.27. The quantitative estimate of drug-likeness (QED) is 0.552. The van der Waals surface area contributed by atoms with Crippen molar-refractivity contribution in [2.24, 2.45) is 0 Å². The summed E-state index contributed by atoms with van der Waals surface area (Å²) in [5.74, 6) is -0.405. The molecule has 4 aromatic rings. The molecule has 0 aliphatic heterocycles. The van der Waals surface area contributed by atoms with Crippen molar-refractivity contribution >= 4 is 45.4 Å². The van der Waals surface area contributed by atoms with Crippen molar-refractivity contribution < 1.29 is 18.7 Å². The van der Waals surface area contributed by atoms with Crippen LogP contribution in [0.25, 0.3) is 22.1 Å². The number of hydrogen-bond acceptors (Lipinski definition) is 6. The van der Waals surface area contributed by atoms with Crippen LogP contribution in [0.1, 0.15) is 0 Å². The molecule has 2 heterocycles. The molecule has 0 fully saturated rings. The number of hydrogen-bond donors (Lipinski definition) is 2. The molecule has 2 amide bonds. The zero-order valence-electron chi connectivity index (χ0n) is 15.3. The molecule has 4 rings (SSSR count). The molecule has 29 heavy (non-hydrogen) atoms. The second kappa shape index (κ2) is 7.47. The first-order valence-corrected chi connectivity index (χ1v) is 8.67. The molecule has 0 saturated carbocycles. The van der Waals surface area contributed by atoms with E-state index in [1.54, 1.807) is 30.3 Å². The molecule has 2 N–H and O–H groups in total. The van der Waals surface area contributed by atoms with Crippen LogP contribution in [0.2, 0.25) is 0 Å². The average molecular weight is 392 g/mol. The maximum Gasteiger partial charge on any atom is 0.411 e. The van der Waals surface area contributed by atoms with Crippen molar-refractivity contribution in [3.05, 3.63) is 65.2 Å². The largest absolute Gasteiger partial charge is 0.453 e. The Morgan fingerprint density at radius 2 is 1.76 bits per heavy atom. The Bertz CT molecular complexity index is 1270. The van der Waals surface area contributed by atoms with Gasteiger partial charge in [-0.1, -0.05) is 12.1 Å². The zero-order valence-corrected chi connectivity index (χ0v) is 15.3. The minimum atomic E-state index is -0.588. The van der Waals surface area contributed by atoms with Gasteiger partial charge in [0.15, 0.2) is 0 Å². The van der Waals surface area contributed by atoms with E-state index in [1.807, 2.05) is 18.2 Å². The third-order valence-corrected chi connectivity index (χ3v) is 4.27. The van der Waals surface area contributed by atoms with Crippen molar-refractivity contribution in [1.82, 2.24) is 9.55 Å². The Hall–Kier alpha value is -4.14. The number of amides is 2. The molecule has 0 saturated heterocycles. The van der Waals surface area contributed by atoms with E-state index in [0.717, 1.165) is 5.39 Å². The topological polar surface area (TPSA) is 115 Å². The predicted molar refractivity (Wildman–Crippen MR) is 107 cm³/mol. The van der Waals surface area contributed by atoms with Gasteiger partial charge in [-0.05, 0) is 36.4 Å². The number of benzene rings is 2. The smallest absolute Gasteiger partial charge is 0.411 e. The van der Waals surface area contributed by atoms with Gasteiger partial charge in [-0.3, -0.25) is 19.5 Å². The maximum absolute atomic E-state index is 12.7. The van der Waals surface area contributed by atoms with E-state index in [2.05, 4.69) is 20.4 Å². The summed E-state index contributed by atoms with van der Waals surface area (Å²) in [6.07, 6.45) is 0.741. The molecule has 0 bridgehead atoms. The molecule has 9 nitrogen and oxygen atoms in total. The van der Waals surface area contributed by atoms with Crippen LogP contribution in [0.5, 0.6) is 0 Å². The fourth-order valence-corrected chi connectivity index (χ4v) is 2.89. The van der Waals surface area contributed by atoms with Gasteiger partial charge in [-0.2, -0.15) is 0 Å². The highest BCUT2D eigenvalue weighted by atomic mass is 16.5. The van der Waals surface area contributed by atoms with Crippen LogP contribution in [0.3, 0.4) is 0 Å². The summed E-state index contributed by atoms with van der Waals surface area (Å²) in [5.41, 5.74) is 1.74. The first-order chi connectivity index (χ1) is 14.0. The van der Waals surface area contributed by atoms with E-state index in [-0.39, 0.29) is 12.1 Å². The molecule has 0 unspecified atom stereocenters. The molecule has 146 valence electrons. The summed E-state index contributed by atoms with van der Waals surface area (Å²) >= 11 is 0. The van der Waals surface area contributed by atoms with Crippen LogP contribution in [-0.2, 0) is 16.1 Å². The van der Waals surface area contributed by atoms with E-state index < -0.39 is 17.6 Å². The van der Waals surface area contributed by atoms with Gasteiger partial charge in [0, 0.05) is 16.8 Å². The van der Waals surface area contributed by atoms with Crippen LogP contribution in [-0.4, -0.2) is 28.7 Å². The zero-order chi connectivity index (χ0) is 20.4. The van der Waals surface area contributed by atoms with Crippen LogP contribution in [0, 0.1) is 0 Å². The number of nitrogens with zero attached hydrogens (tertiary/aromatic N) is 2. The fourth-order valence-electron chi connectivity index (χ4n) is 2.89. The van der Waals surface area contributed by atoms with E-state index in [4.69, 9.17) is 4.42 Å². The van der Waals surface area contributed by atoms with Gasteiger partial charge < -0.3 is 14.5 Å². The van der Waals surface area contributed by atoms with Crippen LogP contribution < -0.4 is 16.2 Å². The van der Waals surface area contributed by atoms with E-state index >= 15 is 0 Å². The highest BCUT2D eigenvalue weighted by Crippen LogP contribution is 2.24. The second-order valence-electron chi connectivity index (χ2n) is 6.20. The van der Waals surface area contributed by atoms with E-state index in [9.17, 15) is 14.4 Å². The monoisotopic (exact) mass is 392 g/mol. The van der Waals surface area contributed by atoms with Gasteiger partial charge in [0.1, 0.15) is 17.6 Å². The Morgan fingerprint density at radius 3 is 2.48 bits per heavy atom. The fraction of sp³-hybridized carbons (Fsp3) is 0.100. The summed E-state index contributed by atoms with van der Waals surface area (Å²) < 4.78 is 11.3. The number of methoxy groups -OCH3 is 1. The van der Waals surface area contributed by atoms with Crippen LogP contribution in [0.4, 0.5) is 16.2 Å². The molecule has 0 spiro atoms. The van der Waals surface area contributed by atoms with Gasteiger partial charge in [0.2, 0.25) is 11.5 Å². The van der Waals surface area contributed by atoms with Crippen molar-refractivity contribution in [3.8, 4) is 0 Å². The van der Waals surface area contributed by atoms with Crippen molar-refractivity contribution in [1.29, 1.82) is 0 Å². The number of furan rings is 1. The lowest BCUT2D eigenvalue weighted by atomic mass is 10.2. The van der Waals surface area contributed by atoms with Crippen LogP contribution >= 0.6 is 0 Å². The number of fused-ring (bicyclic) bond motifs is 3. The van der Waals surface area contributed by atoms with Gasteiger partial charge in [-0.15, -0.1) is 0 Å². The molecule has 2 aromatic heterocycles. The van der Waals surface area contributed by atoms with Gasteiger partial charge in [0.25, 0.3) is 5.56 Å². The minimum absolute atomic E-state index is 0.111. The molecule has 2 aromatic carbocycles. The maximum atomic E-state index is 12.7. The van der Waals surface area contributed by atoms with Gasteiger partial charge in [-0.25, -0.2) is 9.78 Å². The second-order valence-corrected chi connectivity index (χ2v) is 6.20. The standard InChI is InChI=1S/C20H16N4O5/c1-28-20(27)23-13-8-6-12(7-9-13)22-16(25)10-24-11-21-17-14-4-2-3-5-15(14)29-18(17)19(24)26/h2-9,11H,10H2,1H3,(H,22,25)(H,23,27). The lowest BCUT2D eigenvalue weighted by Gasteiger charge is -2.08. The summed E-state index contributed by atoms with van der Waals surface area (Å²) in [5, 5.41) is 5.94. The average Bonchev–Trinajstić information content (AvgIpc) is 3.11. The molecule has 9 heteroatoms. The summed E-state index contributed by atoms with van der Waals surface area (Å²) in [6.45, 7) is -0.221. The Balaban J connectivity index is 1.50. The van der Waals surface area contributed by atoms with Crippen molar-refractivity contribution in [2.75, 3.05) is 17.7 Å². The van der Waals surface area contributed by atoms with Gasteiger partial charge in [0.05, 0.1) is 13.4 Å². The molecule has 0 aliphatic rings. The number of carbonyl (C=O) groups is 2. The molecule has 0 radical (unpaired) electrons. The molecular formula is C20H16N4O5. The van der Waals surface area contributed by atoms with E-state index in [0.29, 0.717) is 22.5 Å². The van der Waals surface area contributed by atoms with E-state index in [1.165, 1.54) is 18.0 Å². The van der Waals surface area contributed by atoms with Crippen LogP contribution in [0.15, 0.2) is 64.1 Å². The number of para-hydroxylation sites is 1. The number of anilines is 2. The Morgan fingerprint density at radius 1 is 1.07 bits per heavy atom. The predicted octanol–water partition coefficient (Wildman–Crippen LogP) is 2.96. The number of nitrogens with one attached hydrogen (secondary N) is 2. The first kappa shape index (κ1) is 18.2. The summed E-state index contributed by atoms with van der Waals surface area (Å²) in [4.78, 5) is 40.4. The van der Waals surface area contributed by atoms with Crippen molar-refractivity contribution in [3.63, 3.8) is 0 Å². The minimum Gasteiger partial charge on any atom is -0.453 e.